The van der Waals surface area contributed by atoms with E-state index in [2.05, 4.69) is 29.4 Å². The van der Waals surface area contributed by atoms with Crippen LogP contribution in [-0.4, -0.2) is 25.8 Å². The maximum absolute atomic E-state index is 12.6. The van der Waals surface area contributed by atoms with E-state index >= 15 is 0 Å². The number of hydrogen-bond acceptors (Lipinski definition) is 4. The Kier molecular flexibility index (Phi) is 4.79. The van der Waals surface area contributed by atoms with Gasteiger partial charge in [-0.3, -0.25) is 9.36 Å². The number of anilines is 1. The molecule has 0 aliphatic rings. The summed E-state index contributed by atoms with van der Waals surface area (Å²) in [6.45, 7) is 4.22. The van der Waals surface area contributed by atoms with E-state index in [1.165, 1.54) is 0 Å². The van der Waals surface area contributed by atoms with E-state index in [1.807, 2.05) is 18.2 Å². The fraction of sp³-hybridized carbons (Fsp3) is 0.211. The van der Waals surface area contributed by atoms with Crippen LogP contribution in [0.15, 0.2) is 55.1 Å². The van der Waals surface area contributed by atoms with E-state index in [-0.39, 0.29) is 11.7 Å². The summed E-state index contributed by atoms with van der Waals surface area (Å²) in [5, 5.41) is 20.4. The molecule has 0 bridgehead atoms. The summed E-state index contributed by atoms with van der Waals surface area (Å²) >= 11 is 0. The Bertz CT molecular complexity index is 875. The molecule has 2 N–H and O–H groups in total. The van der Waals surface area contributed by atoms with Crippen LogP contribution in [0.25, 0.3) is 5.69 Å². The molecule has 1 aromatic heterocycles. The third-order valence-corrected chi connectivity index (χ3v) is 4.28. The quantitative estimate of drug-likeness (QED) is 0.696. The third kappa shape index (κ3) is 3.68. The summed E-state index contributed by atoms with van der Waals surface area (Å²) in [6.07, 6.45) is 4.12. The van der Waals surface area contributed by atoms with Crippen molar-refractivity contribution in [2.75, 3.05) is 5.32 Å². The number of phenolic OH excluding ortho intramolecular Hbond substituents is 1. The minimum atomic E-state index is -0.286. The van der Waals surface area contributed by atoms with Crippen LogP contribution >= 0.6 is 0 Å². The first-order valence-electron chi connectivity index (χ1n) is 8.17. The minimum absolute atomic E-state index is 0.0513. The molecule has 0 unspecified atom stereocenters. The molecule has 0 fully saturated rings. The van der Waals surface area contributed by atoms with Gasteiger partial charge in [-0.15, -0.1) is 10.2 Å². The number of benzene rings is 2. The molecule has 1 amide bonds. The highest BCUT2D eigenvalue weighted by Crippen LogP contribution is 2.29. The maximum atomic E-state index is 12.6. The average molecular weight is 336 g/mol. The van der Waals surface area contributed by atoms with Gasteiger partial charge in [-0.25, -0.2) is 0 Å². The number of aromatic hydroxyl groups is 1. The molecule has 0 aliphatic carbocycles. The molecule has 1 heterocycles. The van der Waals surface area contributed by atoms with Crippen molar-refractivity contribution in [2.24, 2.45) is 0 Å². The van der Waals surface area contributed by atoms with Gasteiger partial charge in [0.15, 0.2) is 0 Å². The molecule has 3 rings (SSSR count). The lowest BCUT2D eigenvalue weighted by Crippen LogP contribution is -2.12. The molecular formula is C19H20N4O2. The van der Waals surface area contributed by atoms with Gasteiger partial charge in [-0.1, -0.05) is 26.0 Å². The summed E-state index contributed by atoms with van der Waals surface area (Å²) < 4.78 is 1.72. The van der Waals surface area contributed by atoms with Crippen LogP contribution in [0.3, 0.4) is 0 Å². The average Bonchev–Trinajstić information content (AvgIpc) is 3.17. The van der Waals surface area contributed by atoms with Crippen LogP contribution < -0.4 is 5.32 Å². The van der Waals surface area contributed by atoms with Crippen molar-refractivity contribution in [1.29, 1.82) is 0 Å². The molecule has 0 saturated carbocycles. The van der Waals surface area contributed by atoms with Crippen LogP contribution in [0.4, 0.5) is 5.69 Å². The highest BCUT2D eigenvalue weighted by Gasteiger charge is 2.12. The van der Waals surface area contributed by atoms with Crippen LogP contribution in [-0.2, 0) is 0 Å². The number of carbonyl (C=O) groups excluding carboxylic acids is 1. The van der Waals surface area contributed by atoms with E-state index in [0.29, 0.717) is 17.2 Å². The molecule has 1 atom stereocenters. The lowest BCUT2D eigenvalue weighted by Gasteiger charge is -2.13. The zero-order chi connectivity index (χ0) is 17.8. The van der Waals surface area contributed by atoms with Crippen molar-refractivity contribution < 1.29 is 9.90 Å². The molecule has 3 aromatic rings. The second kappa shape index (κ2) is 7.17. The largest absolute Gasteiger partial charge is 0.506 e. The minimum Gasteiger partial charge on any atom is -0.506 e. The SMILES string of the molecule is CC[C@@H](C)c1ccc(O)c(NC(=O)c2cccc(-n3cnnc3)c2)c1. The number of aromatic nitrogens is 3. The van der Waals surface area contributed by atoms with E-state index in [9.17, 15) is 9.90 Å². The second-order valence-corrected chi connectivity index (χ2v) is 5.96. The van der Waals surface area contributed by atoms with Crippen molar-refractivity contribution >= 4 is 11.6 Å². The number of nitrogens with one attached hydrogen (secondary N) is 1. The van der Waals surface area contributed by atoms with Crippen molar-refractivity contribution in [3.05, 3.63) is 66.2 Å². The van der Waals surface area contributed by atoms with E-state index in [0.717, 1.165) is 17.7 Å². The molecule has 0 aliphatic heterocycles. The number of carbonyl (C=O) groups is 1. The van der Waals surface area contributed by atoms with Crippen molar-refractivity contribution in [3.8, 4) is 11.4 Å². The van der Waals surface area contributed by atoms with Crippen molar-refractivity contribution in [3.63, 3.8) is 0 Å². The Morgan fingerprint density at radius 2 is 1.96 bits per heavy atom. The summed E-state index contributed by atoms with van der Waals surface area (Å²) in [5.74, 6) is 0.121. The van der Waals surface area contributed by atoms with Gasteiger partial charge >= 0.3 is 0 Å². The van der Waals surface area contributed by atoms with Crippen LogP contribution in [0.5, 0.6) is 5.75 Å². The lowest BCUT2D eigenvalue weighted by atomic mass is 9.98. The molecule has 6 nitrogen and oxygen atoms in total. The topological polar surface area (TPSA) is 80.0 Å². The Labute approximate surface area is 146 Å². The van der Waals surface area contributed by atoms with Gasteiger partial charge < -0.3 is 10.4 Å². The van der Waals surface area contributed by atoms with Gasteiger partial charge in [0.1, 0.15) is 18.4 Å². The Hall–Kier alpha value is -3.15. The van der Waals surface area contributed by atoms with Gasteiger partial charge in [-0.2, -0.15) is 0 Å². The van der Waals surface area contributed by atoms with E-state index < -0.39 is 0 Å². The fourth-order valence-electron chi connectivity index (χ4n) is 2.53. The van der Waals surface area contributed by atoms with Gasteiger partial charge in [-0.05, 0) is 48.2 Å². The highest BCUT2D eigenvalue weighted by molar-refractivity contribution is 6.05. The van der Waals surface area contributed by atoms with E-state index in [4.69, 9.17) is 0 Å². The molecule has 128 valence electrons. The van der Waals surface area contributed by atoms with Crippen LogP contribution in [0, 0.1) is 0 Å². The monoisotopic (exact) mass is 336 g/mol. The summed E-state index contributed by atoms with van der Waals surface area (Å²) in [7, 11) is 0. The third-order valence-electron chi connectivity index (χ3n) is 4.28. The van der Waals surface area contributed by atoms with Crippen LogP contribution in [0.2, 0.25) is 0 Å². The fourth-order valence-corrected chi connectivity index (χ4v) is 2.53. The van der Waals surface area contributed by atoms with Crippen molar-refractivity contribution in [1.82, 2.24) is 14.8 Å². The maximum Gasteiger partial charge on any atom is 0.255 e. The molecule has 0 radical (unpaired) electrons. The molecule has 6 heteroatoms. The van der Waals surface area contributed by atoms with Gasteiger partial charge in [0, 0.05) is 11.3 Å². The lowest BCUT2D eigenvalue weighted by molar-refractivity contribution is 0.102. The van der Waals surface area contributed by atoms with Gasteiger partial charge in [0.2, 0.25) is 0 Å². The first-order valence-corrected chi connectivity index (χ1v) is 8.17. The summed E-state index contributed by atoms with van der Waals surface area (Å²) in [4.78, 5) is 12.6. The molecule has 2 aromatic carbocycles. The van der Waals surface area contributed by atoms with E-state index in [1.54, 1.807) is 41.5 Å². The predicted octanol–water partition coefficient (Wildman–Crippen LogP) is 3.74. The number of rotatable bonds is 5. The first-order chi connectivity index (χ1) is 12.1. The van der Waals surface area contributed by atoms with Crippen LogP contribution in [0.1, 0.15) is 42.1 Å². The standard InChI is InChI=1S/C19H20N4O2/c1-3-13(2)14-7-8-18(24)17(10-14)22-19(25)15-5-4-6-16(9-15)23-11-20-21-12-23/h4-13,24H,3H2,1-2H3,(H,22,25)/t13-/m1/s1. The molecular weight excluding hydrogens is 316 g/mol. The Morgan fingerprint density at radius 3 is 2.68 bits per heavy atom. The second-order valence-electron chi connectivity index (χ2n) is 5.96. The number of hydrogen-bond donors (Lipinski definition) is 2. The smallest absolute Gasteiger partial charge is 0.255 e. The molecule has 0 saturated heterocycles. The number of phenols is 1. The number of nitrogens with zero attached hydrogens (tertiary/aromatic N) is 3. The zero-order valence-electron chi connectivity index (χ0n) is 14.2. The summed E-state index contributed by atoms with van der Waals surface area (Å²) in [6, 6.07) is 12.4. The van der Waals surface area contributed by atoms with Crippen molar-refractivity contribution in [2.45, 2.75) is 26.2 Å². The Morgan fingerprint density at radius 1 is 1.20 bits per heavy atom. The summed E-state index contributed by atoms with van der Waals surface area (Å²) in [5.41, 5.74) is 2.76. The normalized spacial score (nSPS) is 11.9. The first kappa shape index (κ1) is 16.7. The predicted molar refractivity (Wildman–Crippen MR) is 96.1 cm³/mol. The molecule has 0 spiro atoms. The van der Waals surface area contributed by atoms with Gasteiger partial charge in [0.25, 0.3) is 5.91 Å². The number of amides is 1. The zero-order valence-corrected chi connectivity index (χ0v) is 14.2. The van der Waals surface area contributed by atoms with Gasteiger partial charge in [0.05, 0.1) is 5.69 Å². The highest BCUT2D eigenvalue weighted by atomic mass is 16.3. The molecule has 25 heavy (non-hydrogen) atoms. The Balaban J connectivity index is 1.84.